The molecular formula is C12H14FN3O2. The van der Waals surface area contributed by atoms with Crippen molar-refractivity contribution in [2.75, 3.05) is 31.1 Å². The Hall–Kier alpha value is -1.69. The van der Waals surface area contributed by atoms with Gasteiger partial charge in [0.1, 0.15) is 5.82 Å². The molecule has 2 aliphatic heterocycles. The van der Waals surface area contributed by atoms with E-state index in [4.69, 9.17) is 0 Å². The second-order valence-electron chi connectivity index (χ2n) is 5.01. The largest absolute Gasteiger partial charge is 0.371 e. The van der Waals surface area contributed by atoms with Crippen LogP contribution in [0.2, 0.25) is 0 Å². The van der Waals surface area contributed by atoms with Crippen LogP contribution >= 0.6 is 0 Å². The maximum absolute atomic E-state index is 13.4. The summed E-state index contributed by atoms with van der Waals surface area (Å²) in [6.07, 6.45) is 0. The number of halogens is 1. The number of hydrogen-bond acceptors (Lipinski definition) is 4. The Labute approximate surface area is 104 Å². The molecule has 2 unspecified atom stereocenters. The molecule has 2 fully saturated rings. The highest BCUT2D eigenvalue weighted by atomic mass is 19.1. The fraction of sp³-hybridized carbons (Fsp3) is 0.500. The number of nitro benzene ring substituents is 1. The third kappa shape index (κ3) is 1.92. The van der Waals surface area contributed by atoms with Crippen LogP contribution in [0, 0.1) is 27.8 Å². The summed E-state index contributed by atoms with van der Waals surface area (Å²) in [5.41, 5.74) is 0.441. The number of rotatable bonds is 2. The zero-order chi connectivity index (χ0) is 12.7. The maximum Gasteiger partial charge on any atom is 0.274 e. The van der Waals surface area contributed by atoms with Crippen LogP contribution in [-0.2, 0) is 0 Å². The molecule has 18 heavy (non-hydrogen) atoms. The molecule has 0 aromatic heterocycles. The molecule has 1 aromatic rings. The summed E-state index contributed by atoms with van der Waals surface area (Å²) in [6, 6.07) is 3.79. The predicted molar refractivity (Wildman–Crippen MR) is 65.1 cm³/mol. The monoisotopic (exact) mass is 251 g/mol. The summed E-state index contributed by atoms with van der Waals surface area (Å²) in [4.78, 5) is 12.2. The van der Waals surface area contributed by atoms with Gasteiger partial charge in [0.05, 0.1) is 11.0 Å². The van der Waals surface area contributed by atoms with Gasteiger partial charge in [-0.05, 0) is 17.9 Å². The number of fused-ring (bicyclic) bond motifs is 1. The van der Waals surface area contributed by atoms with Gasteiger partial charge in [0.15, 0.2) is 0 Å². The summed E-state index contributed by atoms with van der Waals surface area (Å²) < 4.78 is 13.4. The van der Waals surface area contributed by atoms with Gasteiger partial charge in [0, 0.05) is 37.9 Å². The van der Waals surface area contributed by atoms with Gasteiger partial charge in [0.2, 0.25) is 0 Å². The molecule has 2 aliphatic rings. The van der Waals surface area contributed by atoms with Crippen LogP contribution in [0.1, 0.15) is 0 Å². The van der Waals surface area contributed by atoms with Crippen LogP contribution in [0.4, 0.5) is 15.8 Å². The first kappa shape index (κ1) is 11.4. The molecule has 1 aromatic carbocycles. The third-order valence-electron chi connectivity index (χ3n) is 3.83. The van der Waals surface area contributed by atoms with Gasteiger partial charge in [-0.1, -0.05) is 0 Å². The first-order valence-electron chi connectivity index (χ1n) is 6.04. The van der Waals surface area contributed by atoms with E-state index in [1.54, 1.807) is 0 Å². The molecule has 96 valence electrons. The van der Waals surface area contributed by atoms with Crippen molar-refractivity contribution < 1.29 is 9.31 Å². The number of anilines is 1. The first-order chi connectivity index (χ1) is 8.63. The Morgan fingerprint density at radius 1 is 1.28 bits per heavy atom. The van der Waals surface area contributed by atoms with Crippen molar-refractivity contribution in [2.24, 2.45) is 11.8 Å². The standard InChI is InChI=1S/C12H14FN3O2/c13-10-1-11(3-12(2-10)16(17)18)15-6-8-4-14-5-9(8)7-15/h1-3,8-9,14H,4-7H2. The number of benzene rings is 1. The van der Waals surface area contributed by atoms with E-state index < -0.39 is 10.7 Å². The van der Waals surface area contributed by atoms with Crippen LogP contribution in [-0.4, -0.2) is 31.1 Å². The minimum Gasteiger partial charge on any atom is -0.371 e. The Kier molecular flexibility index (Phi) is 2.66. The molecule has 0 amide bonds. The zero-order valence-corrected chi connectivity index (χ0v) is 9.80. The van der Waals surface area contributed by atoms with Crippen LogP contribution < -0.4 is 10.2 Å². The summed E-state index contributed by atoms with van der Waals surface area (Å²) in [5, 5.41) is 14.1. The highest BCUT2D eigenvalue weighted by molar-refractivity contribution is 5.54. The normalized spacial score (nSPS) is 26.4. The second-order valence-corrected chi connectivity index (χ2v) is 5.01. The predicted octanol–water partition coefficient (Wildman–Crippen LogP) is 1.39. The van der Waals surface area contributed by atoms with Crippen molar-refractivity contribution in [3.05, 3.63) is 34.1 Å². The highest BCUT2D eigenvalue weighted by Gasteiger charge is 2.36. The van der Waals surface area contributed by atoms with E-state index in [2.05, 4.69) is 5.32 Å². The van der Waals surface area contributed by atoms with Gasteiger partial charge in [0.25, 0.3) is 5.69 Å². The van der Waals surface area contributed by atoms with E-state index in [-0.39, 0.29) is 5.69 Å². The number of nitrogens with one attached hydrogen (secondary N) is 1. The van der Waals surface area contributed by atoms with Crippen molar-refractivity contribution in [1.82, 2.24) is 5.32 Å². The minimum atomic E-state index is -0.551. The van der Waals surface area contributed by atoms with Gasteiger partial charge in [-0.2, -0.15) is 0 Å². The molecule has 2 heterocycles. The topological polar surface area (TPSA) is 58.4 Å². The van der Waals surface area contributed by atoms with Crippen LogP contribution in [0.5, 0.6) is 0 Å². The number of hydrogen-bond donors (Lipinski definition) is 1. The lowest BCUT2D eigenvalue weighted by Gasteiger charge is -2.19. The van der Waals surface area contributed by atoms with E-state index >= 15 is 0 Å². The fourth-order valence-corrected chi connectivity index (χ4v) is 2.91. The van der Waals surface area contributed by atoms with Gasteiger partial charge < -0.3 is 10.2 Å². The average Bonchev–Trinajstić information content (AvgIpc) is 2.87. The smallest absolute Gasteiger partial charge is 0.274 e. The van der Waals surface area contributed by atoms with E-state index in [1.165, 1.54) is 12.1 Å². The third-order valence-corrected chi connectivity index (χ3v) is 3.83. The van der Waals surface area contributed by atoms with Crippen LogP contribution in [0.25, 0.3) is 0 Å². The Morgan fingerprint density at radius 3 is 2.56 bits per heavy atom. The Bertz CT molecular complexity index is 482. The van der Waals surface area contributed by atoms with Crippen molar-refractivity contribution >= 4 is 11.4 Å². The number of nitrogens with zero attached hydrogens (tertiary/aromatic N) is 2. The lowest BCUT2D eigenvalue weighted by Crippen LogP contribution is -2.25. The van der Waals surface area contributed by atoms with E-state index in [9.17, 15) is 14.5 Å². The van der Waals surface area contributed by atoms with Crippen LogP contribution in [0.15, 0.2) is 18.2 Å². The molecule has 2 saturated heterocycles. The van der Waals surface area contributed by atoms with Gasteiger partial charge >= 0.3 is 0 Å². The SMILES string of the molecule is O=[N+]([O-])c1cc(F)cc(N2CC3CNCC3C2)c1. The van der Waals surface area contributed by atoms with Crippen molar-refractivity contribution in [3.63, 3.8) is 0 Å². The first-order valence-corrected chi connectivity index (χ1v) is 6.04. The van der Waals surface area contributed by atoms with Crippen molar-refractivity contribution in [3.8, 4) is 0 Å². The number of non-ortho nitro benzene ring substituents is 1. The van der Waals surface area contributed by atoms with E-state index in [0.29, 0.717) is 17.5 Å². The Morgan fingerprint density at radius 2 is 1.94 bits per heavy atom. The summed E-state index contributed by atoms with van der Waals surface area (Å²) >= 11 is 0. The molecule has 0 aliphatic carbocycles. The summed E-state index contributed by atoms with van der Waals surface area (Å²) in [7, 11) is 0. The quantitative estimate of drug-likeness (QED) is 0.637. The van der Waals surface area contributed by atoms with Crippen molar-refractivity contribution in [1.29, 1.82) is 0 Å². The average molecular weight is 251 g/mol. The molecule has 0 bridgehead atoms. The molecule has 0 saturated carbocycles. The zero-order valence-electron chi connectivity index (χ0n) is 9.80. The van der Waals surface area contributed by atoms with Gasteiger partial charge in [-0.15, -0.1) is 0 Å². The maximum atomic E-state index is 13.4. The molecular weight excluding hydrogens is 237 g/mol. The molecule has 0 radical (unpaired) electrons. The lowest BCUT2D eigenvalue weighted by molar-refractivity contribution is -0.385. The van der Waals surface area contributed by atoms with Crippen LogP contribution in [0.3, 0.4) is 0 Å². The molecule has 2 atom stereocenters. The Balaban J connectivity index is 1.86. The van der Waals surface area contributed by atoms with E-state index in [0.717, 1.165) is 32.2 Å². The second kappa shape index (κ2) is 4.20. The molecule has 5 nitrogen and oxygen atoms in total. The summed E-state index contributed by atoms with van der Waals surface area (Å²) in [6.45, 7) is 3.66. The summed E-state index contributed by atoms with van der Waals surface area (Å²) in [5.74, 6) is 0.606. The highest BCUT2D eigenvalue weighted by Crippen LogP contribution is 2.32. The molecule has 6 heteroatoms. The fourth-order valence-electron chi connectivity index (χ4n) is 2.91. The minimum absolute atomic E-state index is 0.180. The number of nitro groups is 1. The van der Waals surface area contributed by atoms with Crippen molar-refractivity contribution in [2.45, 2.75) is 0 Å². The lowest BCUT2D eigenvalue weighted by atomic mass is 10.0. The van der Waals surface area contributed by atoms with Gasteiger partial charge in [-0.3, -0.25) is 10.1 Å². The molecule has 3 rings (SSSR count). The van der Waals surface area contributed by atoms with E-state index in [1.807, 2.05) is 4.90 Å². The van der Waals surface area contributed by atoms with Gasteiger partial charge in [-0.25, -0.2) is 4.39 Å². The molecule has 0 spiro atoms. The molecule has 1 N–H and O–H groups in total.